The summed E-state index contributed by atoms with van der Waals surface area (Å²) in [6.45, 7) is 8.42. The molecule has 1 aliphatic heterocycles. The van der Waals surface area contributed by atoms with Crippen molar-refractivity contribution in [3.8, 4) is 0 Å². The molecule has 0 aliphatic carbocycles. The Morgan fingerprint density at radius 2 is 1.64 bits per heavy atom. The van der Waals surface area contributed by atoms with Crippen molar-refractivity contribution >= 4 is 26.0 Å². The summed E-state index contributed by atoms with van der Waals surface area (Å²) in [7, 11) is -1.83. The summed E-state index contributed by atoms with van der Waals surface area (Å²) >= 11 is 1.66. The average Bonchev–Trinajstić information content (AvgIpc) is 2.65. The fourth-order valence-electron chi connectivity index (χ4n) is 3.20. The van der Waals surface area contributed by atoms with E-state index in [1.165, 1.54) is 0 Å². The molecule has 1 aliphatic rings. The van der Waals surface area contributed by atoms with E-state index in [-0.39, 0.29) is 29.7 Å². The van der Waals surface area contributed by atoms with E-state index >= 15 is 0 Å². The smallest absolute Gasteiger partial charge is 0.338 e. The van der Waals surface area contributed by atoms with Gasteiger partial charge in [-0.05, 0) is 50.8 Å². The van der Waals surface area contributed by atoms with Gasteiger partial charge in [0.1, 0.15) is 17.6 Å². The van der Waals surface area contributed by atoms with Gasteiger partial charge in [-0.2, -0.15) is 0 Å². The first-order valence-electron chi connectivity index (χ1n) is 9.63. The largest absolute Gasteiger partial charge is 0.456 e. The summed E-state index contributed by atoms with van der Waals surface area (Å²) in [5, 5.41) is 0. The van der Waals surface area contributed by atoms with Crippen molar-refractivity contribution in [1.29, 1.82) is 0 Å². The van der Waals surface area contributed by atoms with Crippen molar-refractivity contribution < 1.29 is 18.7 Å². The van der Waals surface area contributed by atoms with E-state index in [0.29, 0.717) is 12.0 Å². The highest BCUT2D eigenvalue weighted by Gasteiger charge is 2.42. The Morgan fingerprint density at radius 3 is 2.25 bits per heavy atom. The van der Waals surface area contributed by atoms with E-state index < -0.39 is 8.32 Å². The fourth-order valence-corrected chi connectivity index (χ4v) is 5.49. The molecule has 4 nitrogen and oxygen atoms in total. The quantitative estimate of drug-likeness (QED) is 0.468. The number of benzene rings is 2. The molecule has 0 saturated carbocycles. The number of carbonyl (C=O) groups is 1. The van der Waals surface area contributed by atoms with Crippen LogP contribution in [0.2, 0.25) is 19.6 Å². The molecule has 0 N–H and O–H groups in total. The summed E-state index contributed by atoms with van der Waals surface area (Å²) in [4.78, 5) is 13.8. The predicted octanol–water partition coefficient (Wildman–Crippen LogP) is 5.36. The van der Waals surface area contributed by atoms with E-state index in [1.54, 1.807) is 23.9 Å². The SMILES string of the molecule is CC1OC(Sc2ccccc2)CC(OC(=O)c2ccccc2)C1O[Si](C)(C)C. The van der Waals surface area contributed by atoms with Gasteiger partial charge < -0.3 is 13.9 Å². The zero-order valence-corrected chi connectivity index (χ0v) is 18.6. The number of esters is 1. The third kappa shape index (κ3) is 5.94. The topological polar surface area (TPSA) is 44.8 Å². The molecule has 1 fully saturated rings. The van der Waals surface area contributed by atoms with Crippen LogP contribution in [0.5, 0.6) is 0 Å². The average molecular weight is 417 g/mol. The summed E-state index contributed by atoms with van der Waals surface area (Å²) < 4.78 is 18.5. The van der Waals surface area contributed by atoms with Gasteiger partial charge in [0, 0.05) is 11.3 Å². The molecule has 0 radical (unpaired) electrons. The second-order valence-corrected chi connectivity index (χ2v) is 13.6. The molecule has 0 spiro atoms. The molecule has 2 aromatic carbocycles. The molecule has 1 heterocycles. The van der Waals surface area contributed by atoms with E-state index in [9.17, 15) is 4.79 Å². The fraction of sp³-hybridized carbons (Fsp3) is 0.409. The second-order valence-electron chi connectivity index (χ2n) is 7.94. The summed E-state index contributed by atoms with van der Waals surface area (Å²) in [6.07, 6.45) is -0.163. The van der Waals surface area contributed by atoms with Crippen LogP contribution in [0.3, 0.4) is 0 Å². The molecule has 2 aromatic rings. The van der Waals surface area contributed by atoms with Crippen LogP contribution in [-0.2, 0) is 13.9 Å². The van der Waals surface area contributed by atoms with Crippen LogP contribution in [0.15, 0.2) is 65.6 Å². The van der Waals surface area contributed by atoms with Crippen LogP contribution in [0.1, 0.15) is 23.7 Å². The van der Waals surface area contributed by atoms with Gasteiger partial charge in [-0.25, -0.2) is 4.79 Å². The van der Waals surface area contributed by atoms with Crippen molar-refractivity contribution in [2.75, 3.05) is 0 Å². The lowest BCUT2D eigenvalue weighted by molar-refractivity contribution is -0.133. The summed E-state index contributed by atoms with van der Waals surface area (Å²) in [5.41, 5.74) is 0.466. The normalized spacial score (nSPS) is 25.3. The number of rotatable bonds is 6. The summed E-state index contributed by atoms with van der Waals surface area (Å²) in [6, 6.07) is 19.3. The van der Waals surface area contributed by atoms with Crippen LogP contribution in [0.4, 0.5) is 0 Å². The predicted molar refractivity (Wildman–Crippen MR) is 115 cm³/mol. The minimum absolute atomic E-state index is 0.0903. The Hall–Kier alpha value is -1.60. The van der Waals surface area contributed by atoms with Gasteiger partial charge in [0.25, 0.3) is 0 Å². The first-order valence-corrected chi connectivity index (χ1v) is 13.9. The minimum atomic E-state index is -1.83. The Bertz CT molecular complexity index is 763. The number of thioether (sulfide) groups is 1. The first-order chi connectivity index (χ1) is 13.3. The third-order valence-corrected chi connectivity index (χ3v) is 6.48. The lowest BCUT2D eigenvalue weighted by Crippen LogP contribution is -2.52. The molecular formula is C22H28O4SSi. The molecule has 28 heavy (non-hydrogen) atoms. The van der Waals surface area contributed by atoms with Gasteiger partial charge in [-0.15, -0.1) is 0 Å². The summed E-state index contributed by atoms with van der Waals surface area (Å²) in [5.74, 6) is -0.313. The van der Waals surface area contributed by atoms with Gasteiger partial charge in [-0.3, -0.25) is 0 Å². The highest BCUT2D eigenvalue weighted by atomic mass is 32.2. The van der Waals surface area contributed by atoms with Crippen molar-refractivity contribution in [3.63, 3.8) is 0 Å². The highest BCUT2D eigenvalue weighted by molar-refractivity contribution is 7.99. The van der Waals surface area contributed by atoms with Crippen LogP contribution < -0.4 is 0 Å². The van der Waals surface area contributed by atoms with Gasteiger partial charge in [0.15, 0.2) is 8.32 Å². The lowest BCUT2D eigenvalue weighted by Gasteiger charge is -2.42. The Morgan fingerprint density at radius 1 is 1.04 bits per heavy atom. The van der Waals surface area contributed by atoms with Crippen molar-refractivity contribution in [1.82, 2.24) is 0 Å². The third-order valence-electron chi connectivity index (χ3n) is 4.39. The Kier molecular flexibility index (Phi) is 6.99. The molecule has 0 aromatic heterocycles. The first kappa shape index (κ1) is 21.1. The van der Waals surface area contributed by atoms with Gasteiger partial charge in [0.2, 0.25) is 0 Å². The molecule has 0 bridgehead atoms. The molecule has 6 heteroatoms. The molecule has 150 valence electrons. The number of carbonyl (C=O) groups excluding carboxylic acids is 1. The molecule has 3 rings (SSSR count). The maximum atomic E-state index is 12.7. The standard InChI is InChI=1S/C22H28O4SSi/c1-16-21(26-28(2,3)4)19(25-22(23)17-11-7-5-8-12-17)15-20(24-16)27-18-13-9-6-10-14-18/h5-14,16,19-21H,15H2,1-4H3. The van der Waals surface area contributed by atoms with Gasteiger partial charge >= 0.3 is 5.97 Å². The van der Waals surface area contributed by atoms with Crippen molar-refractivity contribution in [2.24, 2.45) is 0 Å². The Balaban J connectivity index is 1.76. The monoisotopic (exact) mass is 416 g/mol. The molecule has 4 unspecified atom stereocenters. The number of hydrogen-bond donors (Lipinski definition) is 0. The van der Waals surface area contributed by atoms with E-state index in [0.717, 1.165) is 4.90 Å². The van der Waals surface area contributed by atoms with Crippen LogP contribution in [0.25, 0.3) is 0 Å². The van der Waals surface area contributed by atoms with Crippen molar-refractivity contribution in [2.45, 2.75) is 61.6 Å². The molecular weight excluding hydrogens is 388 g/mol. The van der Waals surface area contributed by atoms with Crippen LogP contribution >= 0.6 is 11.8 Å². The maximum Gasteiger partial charge on any atom is 0.338 e. The van der Waals surface area contributed by atoms with Gasteiger partial charge in [0.05, 0.1) is 11.7 Å². The zero-order chi connectivity index (χ0) is 20.1. The number of hydrogen-bond acceptors (Lipinski definition) is 5. The molecule has 4 atom stereocenters. The maximum absolute atomic E-state index is 12.7. The Labute approximate surface area is 172 Å². The molecule has 0 amide bonds. The number of ether oxygens (including phenoxy) is 2. The van der Waals surface area contributed by atoms with Crippen molar-refractivity contribution in [3.05, 3.63) is 66.2 Å². The molecule has 1 saturated heterocycles. The highest BCUT2D eigenvalue weighted by Crippen LogP contribution is 2.36. The van der Waals surface area contributed by atoms with Crippen LogP contribution in [-0.4, -0.2) is 38.0 Å². The second kappa shape index (κ2) is 9.26. The van der Waals surface area contributed by atoms with E-state index in [1.807, 2.05) is 43.3 Å². The lowest BCUT2D eigenvalue weighted by atomic mass is 10.0. The van der Waals surface area contributed by atoms with Crippen LogP contribution in [0, 0.1) is 0 Å². The van der Waals surface area contributed by atoms with Gasteiger partial charge in [-0.1, -0.05) is 48.2 Å². The van der Waals surface area contributed by atoms with E-state index in [2.05, 4.69) is 31.8 Å². The minimum Gasteiger partial charge on any atom is -0.456 e. The zero-order valence-electron chi connectivity index (χ0n) is 16.8. The van der Waals surface area contributed by atoms with E-state index in [4.69, 9.17) is 13.9 Å².